The first-order valence-electron chi connectivity index (χ1n) is 3.72. The van der Waals surface area contributed by atoms with Crippen LogP contribution in [0.25, 0.3) is 0 Å². The molecule has 84 valence electrons. The molecule has 1 aromatic heterocycles. The van der Waals surface area contributed by atoms with Gasteiger partial charge in [-0.25, -0.2) is 8.42 Å². The Kier molecular flexibility index (Phi) is 5.20. The summed E-state index contributed by atoms with van der Waals surface area (Å²) < 4.78 is 22.5. The Hall–Kier alpha value is -1.18. The number of sulfonamides is 1. The number of rotatable bonds is 2. The summed E-state index contributed by atoms with van der Waals surface area (Å²) >= 11 is 0. The minimum Gasteiger partial charge on any atom is -0.209 e. The summed E-state index contributed by atoms with van der Waals surface area (Å²) in [6, 6.07) is 4.48. The average molecular weight is 253 g/mol. The van der Waals surface area contributed by atoms with Crippen molar-refractivity contribution in [2.24, 2.45) is 0 Å². The van der Waals surface area contributed by atoms with Crippen molar-refractivity contribution in [1.82, 2.24) is 10.3 Å². The van der Waals surface area contributed by atoms with Gasteiger partial charge in [-0.15, -0.1) is 17.8 Å². The molecule has 0 atom stereocenters. The zero-order valence-electron chi connectivity index (χ0n) is 7.88. The number of amides is 1. The first-order valence-corrected chi connectivity index (χ1v) is 5.61. The molecule has 1 rings (SSSR count). The largest absolute Gasteiger partial charge is 0.514 e. The third-order valence-corrected chi connectivity index (χ3v) is 1.77. The van der Waals surface area contributed by atoms with Crippen molar-refractivity contribution in [3.63, 3.8) is 0 Å². The van der Waals surface area contributed by atoms with Crippen LogP contribution in [-0.4, -0.2) is 20.7 Å². The molecule has 0 aliphatic heterocycles. The lowest BCUT2D eigenvalue weighted by Gasteiger charge is -1.97. The third-order valence-electron chi connectivity index (χ3n) is 1.29. The van der Waals surface area contributed by atoms with Crippen LogP contribution in [0.1, 0.15) is 0 Å². The van der Waals surface area contributed by atoms with Gasteiger partial charge in [0.2, 0.25) is 10.0 Å². The predicted molar refractivity (Wildman–Crippen MR) is 55.8 cm³/mol. The highest BCUT2D eigenvalue weighted by Crippen LogP contribution is 1.76. The molecule has 2 N–H and O–H groups in total. The molecule has 1 amide bonds. The van der Waals surface area contributed by atoms with Crippen molar-refractivity contribution in [2.75, 3.05) is 6.26 Å². The third kappa shape index (κ3) is 5.31. The number of hydrogen-bond donors (Lipinski definition) is 2. The number of hydrogen-bond acceptors (Lipinski definition) is 3. The molecule has 0 aromatic carbocycles. The molecule has 6 nitrogen and oxygen atoms in total. The van der Waals surface area contributed by atoms with Gasteiger partial charge in [0.05, 0.1) is 18.6 Å². The Labute approximate surface area is 93.7 Å². The van der Waals surface area contributed by atoms with Crippen LogP contribution in [0.3, 0.4) is 0 Å². The lowest BCUT2D eigenvalue weighted by Crippen LogP contribution is -2.55. The molecule has 8 heteroatoms. The van der Waals surface area contributed by atoms with E-state index in [4.69, 9.17) is 0 Å². The molecule has 0 radical (unpaired) electrons. The van der Waals surface area contributed by atoms with Crippen LogP contribution in [0.2, 0.25) is 0 Å². The average Bonchev–Trinajstić information content (AvgIpc) is 2.14. The van der Waals surface area contributed by atoms with Crippen molar-refractivity contribution in [3.8, 4) is 0 Å². The Morgan fingerprint density at radius 3 is 2.20 bits per heavy atom. The van der Waals surface area contributed by atoms with Gasteiger partial charge in [0.1, 0.15) is 0 Å². The standard InChI is InChI=1S/C7H9N3O3S.ClH/c1-14(12,13)9-8-7(11)10-5-3-2-4-6-10;/h2-6,9H,1H3;1H/p+1. The number of carbonyl (C=O) groups is 1. The van der Waals surface area contributed by atoms with Crippen LogP contribution in [0.15, 0.2) is 30.6 Å². The molecular formula is C7H11ClN3O3S+. The number of hydrazine groups is 1. The zero-order valence-corrected chi connectivity index (χ0v) is 9.51. The number of carbonyl (C=O) groups excluding carboxylic acids is 1. The predicted octanol–water partition coefficient (Wildman–Crippen LogP) is -0.582. The van der Waals surface area contributed by atoms with Gasteiger partial charge >= 0.3 is 6.03 Å². The van der Waals surface area contributed by atoms with Gasteiger partial charge in [-0.2, -0.15) is 9.36 Å². The van der Waals surface area contributed by atoms with E-state index in [0.717, 1.165) is 6.26 Å². The monoisotopic (exact) mass is 252 g/mol. The second-order valence-electron chi connectivity index (χ2n) is 2.59. The van der Waals surface area contributed by atoms with Crippen LogP contribution in [0, 0.1) is 0 Å². The van der Waals surface area contributed by atoms with E-state index in [1.807, 2.05) is 10.3 Å². The van der Waals surface area contributed by atoms with Crippen LogP contribution >= 0.6 is 12.4 Å². The van der Waals surface area contributed by atoms with E-state index >= 15 is 0 Å². The molecule has 0 bridgehead atoms. The molecule has 0 spiro atoms. The van der Waals surface area contributed by atoms with Crippen molar-refractivity contribution < 1.29 is 17.8 Å². The van der Waals surface area contributed by atoms with Gasteiger partial charge in [0.15, 0.2) is 0 Å². The van der Waals surface area contributed by atoms with Gasteiger partial charge in [0.25, 0.3) is 0 Å². The molecule has 0 saturated heterocycles. The molecular weight excluding hydrogens is 242 g/mol. The second-order valence-corrected chi connectivity index (χ2v) is 4.34. The SMILES string of the molecule is CS(=O)(=O)NNC(=O)[n+]1ccccc1.Cl. The Morgan fingerprint density at radius 2 is 1.73 bits per heavy atom. The van der Waals surface area contributed by atoms with Crippen molar-refractivity contribution in [3.05, 3.63) is 30.6 Å². The smallest absolute Gasteiger partial charge is 0.209 e. The number of nitrogens with one attached hydrogen (secondary N) is 2. The summed E-state index contributed by atoms with van der Waals surface area (Å²) in [6.07, 6.45) is 3.95. The number of halogens is 1. The summed E-state index contributed by atoms with van der Waals surface area (Å²) in [5, 5.41) is 0. The lowest BCUT2D eigenvalue weighted by molar-refractivity contribution is -0.572. The van der Waals surface area contributed by atoms with Crippen molar-refractivity contribution in [1.29, 1.82) is 0 Å². The van der Waals surface area contributed by atoms with E-state index in [2.05, 4.69) is 0 Å². The Bertz CT molecular complexity index is 420. The molecule has 1 heterocycles. The van der Waals surface area contributed by atoms with Crippen LogP contribution < -0.4 is 14.8 Å². The fraction of sp³-hybridized carbons (Fsp3) is 0.143. The maximum Gasteiger partial charge on any atom is 0.514 e. The molecule has 15 heavy (non-hydrogen) atoms. The minimum atomic E-state index is -3.42. The van der Waals surface area contributed by atoms with E-state index in [1.165, 1.54) is 17.0 Å². The van der Waals surface area contributed by atoms with E-state index in [-0.39, 0.29) is 12.4 Å². The van der Waals surface area contributed by atoms with Gasteiger partial charge < -0.3 is 0 Å². The fourth-order valence-corrected chi connectivity index (χ4v) is 1.01. The number of nitrogens with zero attached hydrogens (tertiary/aromatic N) is 1. The van der Waals surface area contributed by atoms with Gasteiger partial charge in [-0.3, -0.25) is 0 Å². The van der Waals surface area contributed by atoms with E-state index in [1.54, 1.807) is 18.2 Å². The lowest BCUT2D eigenvalue weighted by atomic mass is 10.5. The van der Waals surface area contributed by atoms with Gasteiger partial charge in [-0.05, 0) is 12.1 Å². The molecule has 1 aromatic rings. The van der Waals surface area contributed by atoms with Crippen LogP contribution in [0.5, 0.6) is 0 Å². The summed E-state index contributed by atoms with van der Waals surface area (Å²) in [4.78, 5) is 13.1. The van der Waals surface area contributed by atoms with E-state index in [9.17, 15) is 13.2 Å². The summed E-state index contributed by atoms with van der Waals surface area (Å²) in [7, 11) is -3.42. The topological polar surface area (TPSA) is 79.2 Å². The Morgan fingerprint density at radius 1 is 1.20 bits per heavy atom. The summed E-state index contributed by atoms with van der Waals surface area (Å²) in [5.41, 5.74) is 2.02. The van der Waals surface area contributed by atoms with Crippen LogP contribution in [0.4, 0.5) is 4.79 Å². The first kappa shape index (κ1) is 13.8. The van der Waals surface area contributed by atoms with E-state index in [0.29, 0.717) is 0 Å². The molecule has 0 saturated carbocycles. The summed E-state index contributed by atoms with van der Waals surface area (Å²) in [6.45, 7) is 0. The molecule has 0 fully saturated rings. The quantitative estimate of drug-likeness (QED) is 0.546. The zero-order chi connectivity index (χ0) is 10.6. The fourth-order valence-electron chi connectivity index (χ4n) is 0.735. The number of pyridine rings is 1. The first-order chi connectivity index (χ1) is 6.49. The number of aromatic nitrogens is 1. The highest BCUT2D eigenvalue weighted by Gasteiger charge is 2.13. The van der Waals surface area contributed by atoms with E-state index < -0.39 is 16.1 Å². The molecule has 0 unspecified atom stereocenters. The normalized spacial score (nSPS) is 10.2. The highest BCUT2D eigenvalue weighted by atomic mass is 35.5. The second kappa shape index (κ2) is 5.64. The highest BCUT2D eigenvalue weighted by molar-refractivity contribution is 7.88. The Balaban J connectivity index is 0.00000196. The molecule has 0 aliphatic carbocycles. The maximum absolute atomic E-state index is 11.2. The van der Waals surface area contributed by atoms with Crippen molar-refractivity contribution in [2.45, 2.75) is 0 Å². The summed E-state index contributed by atoms with van der Waals surface area (Å²) in [5.74, 6) is 0. The molecule has 0 aliphatic rings. The van der Waals surface area contributed by atoms with Gasteiger partial charge in [0, 0.05) is 0 Å². The van der Waals surface area contributed by atoms with Gasteiger partial charge in [-0.1, -0.05) is 10.9 Å². The minimum absolute atomic E-state index is 0. The maximum atomic E-state index is 11.2. The van der Waals surface area contributed by atoms with Crippen molar-refractivity contribution >= 4 is 28.5 Å². The van der Waals surface area contributed by atoms with Crippen LogP contribution in [-0.2, 0) is 10.0 Å².